The first-order chi connectivity index (χ1) is 7.83. The second-order valence-corrected chi connectivity index (χ2v) is 5.78. The van der Waals surface area contributed by atoms with E-state index in [0.29, 0.717) is 6.04 Å². The zero-order chi connectivity index (χ0) is 11.0. The zero-order valence-corrected chi connectivity index (χ0v) is 10.4. The fraction of sp³-hybridized carbons (Fsp3) is 0.429. The molecule has 0 radical (unpaired) electrons. The van der Waals surface area contributed by atoms with Gasteiger partial charge in [-0.1, -0.05) is 13.3 Å². The summed E-state index contributed by atoms with van der Waals surface area (Å²) < 4.78 is 1.38. The van der Waals surface area contributed by atoms with Gasteiger partial charge in [-0.25, -0.2) is 0 Å². The smallest absolute Gasteiger partial charge is 0.0349 e. The van der Waals surface area contributed by atoms with Crippen LogP contribution in [0.4, 0.5) is 5.69 Å². The van der Waals surface area contributed by atoms with Gasteiger partial charge in [0, 0.05) is 16.4 Å². The van der Waals surface area contributed by atoms with Gasteiger partial charge in [0.2, 0.25) is 0 Å². The van der Waals surface area contributed by atoms with Crippen LogP contribution in [0.5, 0.6) is 0 Å². The van der Waals surface area contributed by atoms with Gasteiger partial charge in [-0.05, 0) is 53.8 Å². The topological polar surface area (TPSA) is 12.0 Å². The third kappa shape index (κ3) is 1.82. The average Bonchev–Trinajstić information content (AvgIpc) is 2.88. The molecule has 0 spiro atoms. The Morgan fingerprint density at radius 1 is 1.25 bits per heavy atom. The van der Waals surface area contributed by atoms with Crippen molar-refractivity contribution in [1.29, 1.82) is 0 Å². The van der Waals surface area contributed by atoms with Crippen LogP contribution < -0.4 is 5.32 Å². The van der Waals surface area contributed by atoms with E-state index in [1.165, 1.54) is 35.0 Å². The van der Waals surface area contributed by atoms with Gasteiger partial charge in [-0.2, -0.15) is 0 Å². The molecule has 0 aliphatic heterocycles. The summed E-state index contributed by atoms with van der Waals surface area (Å²) in [6.45, 7) is 2.35. The van der Waals surface area contributed by atoms with Crippen LogP contribution in [0.25, 0.3) is 10.1 Å². The molecule has 1 saturated carbocycles. The molecule has 2 heteroatoms. The van der Waals surface area contributed by atoms with Gasteiger partial charge in [0.1, 0.15) is 0 Å². The van der Waals surface area contributed by atoms with Gasteiger partial charge < -0.3 is 5.32 Å². The molecule has 16 heavy (non-hydrogen) atoms. The maximum Gasteiger partial charge on any atom is 0.0349 e. The highest BCUT2D eigenvalue weighted by molar-refractivity contribution is 7.17. The maximum atomic E-state index is 3.68. The van der Waals surface area contributed by atoms with Gasteiger partial charge in [0.25, 0.3) is 0 Å². The molecule has 0 amide bonds. The molecule has 1 nitrogen and oxygen atoms in total. The molecule has 1 heterocycles. The molecule has 2 atom stereocenters. The summed E-state index contributed by atoms with van der Waals surface area (Å²) in [5, 5.41) is 7.20. The minimum atomic E-state index is 0.677. The molecule has 1 N–H and O–H groups in total. The van der Waals surface area contributed by atoms with Crippen LogP contribution in [0.15, 0.2) is 29.6 Å². The first-order valence-corrected chi connectivity index (χ1v) is 6.95. The Hall–Kier alpha value is -1.02. The lowest BCUT2D eigenvalue weighted by atomic mass is 10.1. The molecule has 2 aromatic rings. The molecule has 84 valence electrons. The molecule has 2 unspecified atom stereocenters. The van der Waals surface area contributed by atoms with Crippen molar-refractivity contribution >= 4 is 27.1 Å². The zero-order valence-electron chi connectivity index (χ0n) is 9.57. The van der Waals surface area contributed by atoms with Crippen molar-refractivity contribution < 1.29 is 0 Å². The second kappa shape index (κ2) is 4.10. The van der Waals surface area contributed by atoms with E-state index in [1.807, 2.05) is 11.3 Å². The minimum Gasteiger partial charge on any atom is -0.382 e. The van der Waals surface area contributed by atoms with Crippen molar-refractivity contribution in [2.24, 2.45) is 5.92 Å². The molecule has 1 aromatic heterocycles. The van der Waals surface area contributed by atoms with Gasteiger partial charge in [-0.15, -0.1) is 11.3 Å². The number of anilines is 1. The lowest BCUT2D eigenvalue weighted by Crippen LogP contribution is -2.21. The Morgan fingerprint density at radius 3 is 3.00 bits per heavy atom. The summed E-state index contributed by atoms with van der Waals surface area (Å²) in [7, 11) is 0. The summed E-state index contributed by atoms with van der Waals surface area (Å²) in [4.78, 5) is 0. The van der Waals surface area contributed by atoms with Crippen LogP contribution in [0, 0.1) is 5.92 Å². The highest BCUT2D eigenvalue weighted by atomic mass is 32.1. The predicted molar refractivity (Wildman–Crippen MR) is 72.3 cm³/mol. The minimum absolute atomic E-state index is 0.677. The van der Waals surface area contributed by atoms with Crippen LogP contribution in [-0.4, -0.2) is 6.04 Å². The van der Waals surface area contributed by atoms with Crippen LogP contribution in [-0.2, 0) is 0 Å². The number of thiophene rings is 1. The molecule has 0 saturated heterocycles. The van der Waals surface area contributed by atoms with Crippen molar-refractivity contribution in [3.8, 4) is 0 Å². The van der Waals surface area contributed by atoms with Crippen LogP contribution in [0.2, 0.25) is 0 Å². The van der Waals surface area contributed by atoms with E-state index in [0.717, 1.165) is 5.92 Å². The van der Waals surface area contributed by atoms with Crippen molar-refractivity contribution in [3.05, 3.63) is 29.6 Å². The van der Waals surface area contributed by atoms with Crippen molar-refractivity contribution in [2.45, 2.75) is 32.2 Å². The monoisotopic (exact) mass is 231 g/mol. The summed E-state index contributed by atoms with van der Waals surface area (Å²) in [5.41, 5.74) is 1.28. The summed E-state index contributed by atoms with van der Waals surface area (Å²) in [5.74, 6) is 0.818. The first-order valence-electron chi connectivity index (χ1n) is 6.07. The number of fused-ring (bicyclic) bond motifs is 1. The van der Waals surface area contributed by atoms with E-state index in [-0.39, 0.29) is 0 Å². The highest BCUT2D eigenvalue weighted by Gasteiger charge is 2.22. The van der Waals surface area contributed by atoms with Gasteiger partial charge in [-0.3, -0.25) is 0 Å². The lowest BCUT2D eigenvalue weighted by Gasteiger charge is -2.18. The van der Waals surface area contributed by atoms with Crippen LogP contribution >= 0.6 is 11.3 Å². The first kappa shape index (κ1) is 10.2. The van der Waals surface area contributed by atoms with Gasteiger partial charge in [0.15, 0.2) is 0 Å². The van der Waals surface area contributed by atoms with Crippen molar-refractivity contribution in [1.82, 2.24) is 0 Å². The Kier molecular flexibility index (Phi) is 2.60. The Balaban J connectivity index is 1.83. The molecule has 1 fully saturated rings. The Labute approximate surface area is 100 Å². The fourth-order valence-corrected chi connectivity index (χ4v) is 3.40. The summed E-state index contributed by atoms with van der Waals surface area (Å²) >= 11 is 1.81. The standard InChI is InChI=1S/C14H17NS/c1-10-3-2-4-13(10)15-12-5-6-14-11(9-12)7-8-16-14/h5-10,13,15H,2-4H2,1H3. The molecule has 3 rings (SSSR count). The maximum absolute atomic E-state index is 3.68. The average molecular weight is 231 g/mol. The van der Waals surface area contributed by atoms with E-state index >= 15 is 0 Å². The quantitative estimate of drug-likeness (QED) is 0.802. The molecular formula is C14H17NS. The normalized spacial score (nSPS) is 25.1. The molecule has 0 bridgehead atoms. The van der Waals surface area contributed by atoms with E-state index in [4.69, 9.17) is 0 Å². The van der Waals surface area contributed by atoms with Crippen molar-refractivity contribution in [2.75, 3.05) is 5.32 Å². The van der Waals surface area contributed by atoms with E-state index in [9.17, 15) is 0 Å². The highest BCUT2D eigenvalue weighted by Crippen LogP contribution is 2.30. The Bertz CT molecular complexity index is 488. The van der Waals surface area contributed by atoms with Crippen LogP contribution in [0.1, 0.15) is 26.2 Å². The Morgan fingerprint density at radius 2 is 2.19 bits per heavy atom. The van der Waals surface area contributed by atoms with E-state index < -0.39 is 0 Å². The summed E-state index contributed by atoms with van der Waals surface area (Å²) in [6, 6.07) is 9.59. The van der Waals surface area contributed by atoms with Gasteiger partial charge in [0.05, 0.1) is 0 Å². The lowest BCUT2D eigenvalue weighted by molar-refractivity contribution is 0.556. The number of rotatable bonds is 2. The number of hydrogen-bond acceptors (Lipinski definition) is 2. The van der Waals surface area contributed by atoms with Crippen LogP contribution in [0.3, 0.4) is 0 Å². The van der Waals surface area contributed by atoms with Crippen molar-refractivity contribution in [3.63, 3.8) is 0 Å². The fourth-order valence-electron chi connectivity index (χ4n) is 2.63. The van der Waals surface area contributed by atoms with E-state index in [1.54, 1.807) is 0 Å². The van der Waals surface area contributed by atoms with Gasteiger partial charge >= 0.3 is 0 Å². The number of benzene rings is 1. The molecular weight excluding hydrogens is 214 g/mol. The molecule has 1 aliphatic rings. The van der Waals surface area contributed by atoms with E-state index in [2.05, 4.69) is 41.9 Å². The second-order valence-electron chi connectivity index (χ2n) is 4.83. The number of nitrogens with one attached hydrogen (secondary N) is 1. The number of hydrogen-bond donors (Lipinski definition) is 1. The third-order valence-corrected chi connectivity index (χ3v) is 4.56. The predicted octanol–water partition coefficient (Wildman–Crippen LogP) is 4.50. The molecule has 1 aromatic carbocycles. The largest absolute Gasteiger partial charge is 0.382 e. The molecule has 1 aliphatic carbocycles. The SMILES string of the molecule is CC1CCCC1Nc1ccc2sccc2c1. The third-order valence-electron chi connectivity index (χ3n) is 3.67. The summed E-state index contributed by atoms with van der Waals surface area (Å²) in [6.07, 6.45) is 4.07.